The van der Waals surface area contributed by atoms with Crippen LogP contribution in [-0.4, -0.2) is 37.0 Å². The van der Waals surface area contributed by atoms with E-state index >= 15 is 0 Å². The van der Waals surface area contributed by atoms with Crippen molar-refractivity contribution in [2.45, 2.75) is 31.1 Å². The number of rotatable bonds is 3. The molecule has 0 unspecified atom stereocenters. The second-order valence-corrected chi connectivity index (χ2v) is 8.12. The van der Waals surface area contributed by atoms with Crippen LogP contribution in [0, 0.1) is 11.3 Å². The van der Waals surface area contributed by atoms with Gasteiger partial charge in [0.05, 0.1) is 22.2 Å². The second-order valence-electron chi connectivity index (χ2n) is 7.71. The molecule has 0 bridgehead atoms. The van der Waals surface area contributed by atoms with Gasteiger partial charge < -0.3 is 9.80 Å². The Morgan fingerprint density at radius 2 is 1.68 bits per heavy atom. The summed E-state index contributed by atoms with van der Waals surface area (Å²) in [6.45, 7) is 3.20. The molecule has 5 heteroatoms. The molecule has 0 spiro atoms. The minimum absolute atomic E-state index is 0.00512. The van der Waals surface area contributed by atoms with E-state index in [2.05, 4.69) is 11.0 Å². The minimum atomic E-state index is -0.505. The lowest BCUT2D eigenvalue weighted by atomic mass is 9.74. The molecule has 2 saturated heterocycles. The van der Waals surface area contributed by atoms with Crippen LogP contribution in [0.5, 0.6) is 0 Å². The molecule has 4 nitrogen and oxygen atoms in total. The average molecular weight is 394 g/mol. The Balaban J connectivity index is 1.47. The highest BCUT2D eigenvalue weighted by molar-refractivity contribution is 6.33. The molecular formula is C23H24ClN3O. The van der Waals surface area contributed by atoms with E-state index in [1.165, 1.54) is 12.8 Å². The average Bonchev–Trinajstić information content (AvgIpc) is 3.28. The largest absolute Gasteiger partial charge is 0.370 e. The fourth-order valence-electron chi connectivity index (χ4n) is 4.35. The van der Waals surface area contributed by atoms with E-state index < -0.39 is 5.41 Å². The first-order valence-electron chi connectivity index (χ1n) is 9.93. The molecule has 1 amide bonds. The number of piperidine rings is 1. The van der Waals surface area contributed by atoms with E-state index in [0.29, 0.717) is 36.5 Å². The molecule has 2 aromatic carbocycles. The normalized spacial score (nSPS) is 18.7. The van der Waals surface area contributed by atoms with Crippen molar-refractivity contribution in [3.63, 3.8) is 0 Å². The van der Waals surface area contributed by atoms with Crippen LogP contribution < -0.4 is 4.90 Å². The van der Waals surface area contributed by atoms with Crippen LogP contribution in [0.3, 0.4) is 0 Å². The van der Waals surface area contributed by atoms with E-state index in [0.717, 1.165) is 24.3 Å². The summed E-state index contributed by atoms with van der Waals surface area (Å²) in [7, 11) is 0. The molecule has 2 aliphatic rings. The van der Waals surface area contributed by atoms with Gasteiger partial charge in [0.2, 0.25) is 0 Å². The van der Waals surface area contributed by atoms with Gasteiger partial charge in [-0.15, -0.1) is 0 Å². The molecule has 2 fully saturated rings. The molecule has 0 radical (unpaired) electrons. The van der Waals surface area contributed by atoms with Crippen LogP contribution >= 0.6 is 11.6 Å². The maximum Gasteiger partial charge on any atom is 0.253 e. The standard InChI is InChI=1S/C23H24ClN3O/c24-20-16-18(8-9-21(20)26-12-4-5-13-26)22(28)27-14-10-23(17-25,11-15-27)19-6-2-1-3-7-19/h1-3,6-9,16H,4-5,10-15H2. The zero-order valence-corrected chi connectivity index (χ0v) is 16.7. The lowest BCUT2D eigenvalue weighted by Crippen LogP contribution is -2.44. The summed E-state index contributed by atoms with van der Waals surface area (Å²) in [5.41, 5.74) is 2.18. The first-order chi connectivity index (χ1) is 13.6. The molecule has 2 aliphatic heterocycles. The van der Waals surface area contributed by atoms with E-state index in [-0.39, 0.29) is 5.91 Å². The molecule has 0 aromatic heterocycles. The fourth-order valence-corrected chi connectivity index (χ4v) is 4.65. The third-order valence-corrected chi connectivity index (χ3v) is 6.39. The molecule has 0 aliphatic carbocycles. The summed E-state index contributed by atoms with van der Waals surface area (Å²) >= 11 is 6.48. The Labute approximate surface area is 171 Å². The van der Waals surface area contributed by atoms with Gasteiger partial charge >= 0.3 is 0 Å². The van der Waals surface area contributed by atoms with Crippen molar-refractivity contribution in [3.8, 4) is 6.07 Å². The number of carbonyl (C=O) groups is 1. The summed E-state index contributed by atoms with van der Waals surface area (Å²) in [4.78, 5) is 17.1. The number of benzene rings is 2. The van der Waals surface area contributed by atoms with Gasteiger partial charge in [-0.1, -0.05) is 41.9 Å². The van der Waals surface area contributed by atoms with Gasteiger partial charge in [0.25, 0.3) is 5.91 Å². The Bertz CT molecular complexity index is 892. The minimum Gasteiger partial charge on any atom is -0.370 e. The number of halogens is 1. The number of nitriles is 1. The first kappa shape index (κ1) is 18.8. The van der Waals surface area contributed by atoms with Crippen molar-refractivity contribution in [2.24, 2.45) is 0 Å². The van der Waals surface area contributed by atoms with E-state index in [9.17, 15) is 10.1 Å². The smallest absolute Gasteiger partial charge is 0.253 e. The van der Waals surface area contributed by atoms with Crippen molar-refractivity contribution in [2.75, 3.05) is 31.1 Å². The fraction of sp³-hybridized carbons (Fsp3) is 0.391. The molecule has 0 atom stereocenters. The van der Waals surface area contributed by atoms with Crippen LogP contribution in [0.15, 0.2) is 48.5 Å². The maximum absolute atomic E-state index is 13.0. The van der Waals surface area contributed by atoms with Crippen molar-refractivity contribution in [3.05, 3.63) is 64.7 Å². The summed E-state index contributed by atoms with van der Waals surface area (Å²) in [6.07, 6.45) is 3.68. The van der Waals surface area contributed by atoms with Crippen LogP contribution in [-0.2, 0) is 5.41 Å². The summed E-state index contributed by atoms with van der Waals surface area (Å²) < 4.78 is 0. The van der Waals surface area contributed by atoms with Gasteiger partial charge in [0, 0.05) is 31.7 Å². The second kappa shape index (κ2) is 7.85. The van der Waals surface area contributed by atoms with Crippen LogP contribution in [0.25, 0.3) is 0 Å². The Morgan fingerprint density at radius 1 is 1.00 bits per heavy atom. The molecular weight excluding hydrogens is 370 g/mol. The van der Waals surface area contributed by atoms with Gasteiger partial charge in [0.1, 0.15) is 0 Å². The predicted octanol–water partition coefficient (Wildman–Crippen LogP) is 4.64. The van der Waals surface area contributed by atoms with Gasteiger partial charge in [-0.25, -0.2) is 0 Å². The van der Waals surface area contributed by atoms with Crippen LogP contribution in [0.1, 0.15) is 41.6 Å². The highest BCUT2D eigenvalue weighted by Crippen LogP contribution is 2.36. The molecule has 0 saturated carbocycles. The van der Waals surface area contributed by atoms with Crippen molar-refractivity contribution < 1.29 is 4.79 Å². The Morgan fingerprint density at radius 3 is 2.29 bits per heavy atom. The monoisotopic (exact) mass is 393 g/mol. The highest BCUT2D eigenvalue weighted by Gasteiger charge is 2.37. The van der Waals surface area contributed by atoms with Crippen molar-refractivity contribution >= 4 is 23.2 Å². The van der Waals surface area contributed by atoms with Gasteiger partial charge in [0.15, 0.2) is 0 Å². The molecule has 2 heterocycles. The zero-order chi connectivity index (χ0) is 19.6. The SMILES string of the molecule is N#CC1(c2ccccc2)CCN(C(=O)c2ccc(N3CCCC3)c(Cl)c2)CC1. The summed E-state index contributed by atoms with van der Waals surface area (Å²) in [5, 5.41) is 10.5. The molecule has 0 N–H and O–H groups in total. The van der Waals surface area contributed by atoms with Crippen molar-refractivity contribution in [1.82, 2.24) is 4.90 Å². The maximum atomic E-state index is 13.0. The van der Waals surface area contributed by atoms with Crippen LogP contribution in [0.4, 0.5) is 5.69 Å². The highest BCUT2D eigenvalue weighted by atomic mass is 35.5. The van der Waals surface area contributed by atoms with Gasteiger partial charge in [-0.2, -0.15) is 5.26 Å². The number of amides is 1. The number of nitrogens with zero attached hydrogens (tertiary/aromatic N) is 3. The van der Waals surface area contributed by atoms with E-state index in [4.69, 9.17) is 11.6 Å². The van der Waals surface area contributed by atoms with Gasteiger partial charge in [-0.3, -0.25) is 4.79 Å². The first-order valence-corrected chi connectivity index (χ1v) is 10.3. The Hall–Kier alpha value is -2.51. The third-order valence-electron chi connectivity index (χ3n) is 6.09. The van der Waals surface area contributed by atoms with Crippen molar-refractivity contribution in [1.29, 1.82) is 5.26 Å². The summed E-state index contributed by atoms with van der Waals surface area (Å²) in [5.74, 6) is -0.00512. The molecule has 144 valence electrons. The number of anilines is 1. The van der Waals surface area contributed by atoms with Gasteiger partial charge in [-0.05, 0) is 49.4 Å². The van der Waals surface area contributed by atoms with E-state index in [1.54, 1.807) is 6.07 Å². The third kappa shape index (κ3) is 3.47. The summed E-state index contributed by atoms with van der Waals surface area (Å²) in [6, 6.07) is 18.1. The number of hydrogen-bond donors (Lipinski definition) is 0. The van der Waals surface area contributed by atoms with Crippen LogP contribution in [0.2, 0.25) is 5.02 Å². The molecule has 28 heavy (non-hydrogen) atoms. The molecule has 2 aromatic rings. The quantitative estimate of drug-likeness (QED) is 0.763. The number of hydrogen-bond acceptors (Lipinski definition) is 3. The molecule has 4 rings (SSSR count). The Kier molecular flexibility index (Phi) is 5.28. The lowest BCUT2D eigenvalue weighted by Gasteiger charge is -2.37. The van der Waals surface area contributed by atoms with E-state index in [1.807, 2.05) is 47.4 Å². The zero-order valence-electron chi connectivity index (χ0n) is 15.9. The lowest BCUT2D eigenvalue weighted by molar-refractivity contribution is 0.0692. The number of likely N-dealkylation sites (tertiary alicyclic amines) is 1. The number of carbonyl (C=O) groups excluding carboxylic acids is 1. The predicted molar refractivity (Wildman–Crippen MR) is 112 cm³/mol. The topological polar surface area (TPSA) is 47.3 Å².